The molecule has 2 N–H and O–H groups in total. The average molecular weight is 352 g/mol. The zero-order valence-electron chi connectivity index (χ0n) is 15.7. The molecule has 0 saturated carbocycles. The molecule has 0 aliphatic carbocycles. The summed E-state index contributed by atoms with van der Waals surface area (Å²) in [5.74, 6) is 0.913. The first-order valence-electron chi connectivity index (χ1n) is 9.20. The minimum Gasteiger partial charge on any atom is -0.357 e. The van der Waals surface area contributed by atoms with Crippen LogP contribution in [0, 0.1) is 6.92 Å². The summed E-state index contributed by atoms with van der Waals surface area (Å²) in [5, 5.41) is 7.98. The van der Waals surface area contributed by atoms with Gasteiger partial charge in [-0.05, 0) is 53.6 Å². The molecule has 0 unspecified atom stereocenters. The second kappa shape index (κ2) is 9.37. The molecule has 0 aromatic carbocycles. The number of likely N-dealkylation sites (tertiary alicyclic amines) is 1. The number of nitrogens with one attached hydrogen (secondary N) is 2. The first kappa shape index (κ1) is 19.2. The Bertz CT molecular complexity index is 517. The van der Waals surface area contributed by atoms with Crippen LogP contribution >= 0.6 is 11.3 Å². The maximum absolute atomic E-state index is 4.83. The van der Waals surface area contributed by atoms with Crippen molar-refractivity contribution in [3.05, 3.63) is 16.1 Å². The Morgan fingerprint density at radius 3 is 2.67 bits per heavy atom. The van der Waals surface area contributed by atoms with Crippen molar-refractivity contribution in [3.8, 4) is 0 Å². The van der Waals surface area contributed by atoms with E-state index in [0.717, 1.165) is 32.0 Å². The van der Waals surface area contributed by atoms with Gasteiger partial charge in [0.2, 0.25) is 0 Å². The number of nitrogens with zero attached hydrogens (tertiary/aromatic N) is 3. The molecular formula is C18H33N5S. The van der Waals surface area contributed by atoms with Crippen LogP contribution in [-0.4, -0.2) is 54.1 Å². The van der Waals surface area contributed by atoms with Crippen molar-refractivity contribution in [2.45, 2.75) is 58.9 Å². The highest BCUT2D eigenvalue weighted by atomic mass is 32.1. The van der Waals surface area contributed by atoms with E-state index in [1.807, 2.05) is 6.20 Å². The minimum absolute atomic E-state index is 0.120. The molecule has 1 aromatic heterocycles. The van der Waals surface area contributed by atoms with E-state index >= 15 is 0 Å². The summed E-state index contributed by atoms with van der Waals surface area (Å²) in [5.41, 5.74) is 0.120. The van der Waals surface area contributed by atoms with Gasteiger partial charge in [-0.3, -0.25) is 9.89 Å². The summed E-state index contributed by atoms with van der Waals surface area (Å²) in [4.78, 5) is 13.1. The van der Waals surface area contributed by atoms with Crippen LogP contribution in [0.3, 0.4) is 0 Å². The molecule has 5 nitrogen and oxygen atoms in total. The Balaban J connectivity index is 1.84. The number of rotatable bonds is 7. The predicted octanol–water partition coefficient (Wildman–Crippen LogP) is 2.81. The topological polar surface area (TPSA) is 52.6 Å². The Morgan fingerprint density at radius 1 is 1.29 bits per heavy atom. The number of guanidine groups is 1. The van der Waals surface area contributed by atoms with Gasteiger partial charge < -0.3 is 10.6 Å². The molecule has 0 atom stereocenters. The van der Waals surface area contributed by atoms with Gasteiger partial charge >= 0.3 is 0 Å². The van der Waals surface area contributed by atoms with Crippen LogP contribution < -0.4 is 10.6 Å². The van der Waals surface area contributed by atoms with Crippen LogP contribution in [-0.2, 0) is 6.42 Å². The average Bonchev–Trinajstić information content (AvgIpc) is 2.99. The normalized spacial score (nSPS) is 17.1. The number of piperidine rings is 1. The summed E-state index contributed by atoms with van der Waals surface area (Å²) in [6.07, 6.45) is 6.90. The molecule has 6 heteroatoms. The lowest BCUT2D eigenvalue weighted by Crippen LogP contribution is -2.49. The van der Waals surface area contributed by atoms with Gasteiger partial charge in [0, 0.05) is 36.1 Å². The van der Waals surface area contributed by atoms with E-state index in [4.69, 9.17) is 4.99 Å². The molecule has 0 radical (unpaired) electrons. The highest BCUT2D eigenvalue weighted by molar-refractivity contribution is 7.11. The number of aliphatic imine (C=N–C) groups is 1. The largest absolute Gasteiger partial charge is 0.357 e. The summed E-state index contributed by atoms with van der Waals surface area (Å²) in [7, 11) is 0. The van der Waals surface area contributed by atoms with Crippen LogP contribution in [0.4, 0.5) is 0 Å². The van der Waals surface area contributed by atoms with Crippen LogP contribution in [0.2, 0.25) is 0 Å². The second-order valence-electron chi connectivity index (χ2n) is 7.10. The van der Waals surface area contributed by atoms with Gasteiger partial charge in [0.25, 0.3) is 0 Å². The fraction of sp³-hybridized carbons (Fsp3) is 0.778. The molecule has 1 aromatic rings. The maximum Gasteiger partial charge on any atom is 0.191 e. The third kappa shape index (κ3) is 6.06. The molecule has 2 rings (SSSR count). The van der Waals surface area contributed by atoms with Gasteiger partial charge in [-0.1, -0.05) is 6.42 Å². The SMILES string of the molecule is CCNC(=NCC(C)(C)N1CCCCC1)NCCc1ncc(C)s1. The number of hydrogen-bond donors (Lipinski definition) is 2. The van der Waals surface area contributed by atoms with Crippen LogP contribution in [0.15, 0.2) is 11.2 Å². The number of thiazole rings is 1. The van der Waals surface area contributed by atoms with Gasteiger partial charge in [0.05, 0.1) is 11.6 Å². The molecular weight excluding hydrogens is 318 g/mol. The fourth-order valence-electron chi connectivity index (χ4n) is 3.02. The molecule has 24 heavy (non-hydrogen) atoms. The number of aryl methyl sites for hydroxylation is 1. The van der Waals surface area contributed by atoms with E-state index in [1.165, 1.54) is 42.2 Å². The van der Waals surface area contributed by atoms with E-state index in [9.17, 15) is 0 Å². The molecule has 1 saturated heterocycles. The molecule has 2 heterocycles. The van der Waals surface area contributed by atoms with Gasteiger partial charge in [-0.25, -0.2) is 4.98 Å². The zero-order chi connectivity index (χ0) is 17.4. The van der Waals surface area contributed by atoms with Crippen LogP contribution in [0.25, 0.3) is 0 Å². The quantitative estimate of drug-likeness (QED) is 0.586. The lowest BCUT2D eigenvalue weighted by atomic mass is 9.99. The number of aromatic nitrogens is 1. The van der Waals surface area contributed by atoms with E-state index in [1.54, 1.807) is 11.3 Å². The number of hydrogen-bond acceptors (Lipinski definition) is 4. The van der Waals surface area contributed by atoms with Crippen molar-refractivity contribution in [3.63, 3.8) is 0 Å². The van der Waals surface area contributed by atoms with Crippen LogP contribution in [0.5, 0.6) is 0 Å². The summed E-state index contributed by atoms with van der Waals surface area (Å²) in [6.45, 7) is 13.8. The van der Waals surface area contributed by atoms with E-state index in [-0.39, 0.29) is 5.54 Å². The zero-order valence-corrected chi connectivity index (χ0v) is 16.5. The molecule has 0 bridgehead atoms. The first-order chi connectivity index (χ1) is 11.5. The van der Waals surface area contributed by atoms with Crippen molar-refractivity contribution in [2.75, 3.05) is 32.7 Å². The van der Waals surface area contributed by atoms with Gasteiger partial charge in [-0.15, -0.1) is 11.3 Å². The third-order valence-electron chi connectivity index (χ3n) is 4.48. The molecule has 1 aliphatic heterocycles. The monoisotopic (exact) mass is 351 g/mol. The smallest absolute Gasteiger partial charge is 0.191 e. The van der Waals surface area contributed by atoms with Crippen molar-refractivity contribution < 1.29 is 0 Å². The van der Waals surface area contributed by atoms with Crippen molar-refractivity contribution in [1.29, 1.82) is 0 Å². The minimum atomic E-state index is 0.120. The highest BCUT2D eigenvalue weighted by Crippen LogP contribution is 2.20. The molecule has 1 fully saturated rings. The van der Waals surface area contributed by atoms with E-state index < -0.39 is 0 Å². The molecule has 0 amide bonds. The Labute approximate surface area is 151 Å². The third-order valence-corrected chi connectivity index (χ3v) is 5.45. The standard InChI is InChI=1S/C18H33N5S/c1-5-19-17(20-10-9-16-21-13-15(2)24-16)22-14-18(3,4)23-11-7-6-8-12-23/h13H,5-12,14H2,1-4H3,(H2,19,20,22). The van der Waals surface area contributed by atoms with Gasteiger partial charge in [0.15, 0.2) is 5.96 Å². The first-order valence-corrected chi connectivity index (χ1v) is 10.0. The lowest BCUT2D eigenvalue weighted by molar-refractivity contribution is 0.102. The summed E-state index contributed by atoms with van der Waals surface area (Å²) in [6, 6.07) is 0. The highest BCUT2D eigenvalue weighted by Gasteiger charge is 2.27. The summed E-state index contributed by atoms with van der Waals surface area (Å²) < 4.78 is 0. The van der Waals surface area contributed by atoms with Crippen molar-refractivity contribution in [2.24, 2.45) is 4.99 Å². The Kier molecular flexibility index (Phi) is 7.49. The lowest BCUT2D eigenvalue weighted by Gasteiger charge is -2.40. The fourth-order valence-corrected chi connectivity index (χ4v) is 3.80. The van der Waals surface area contributed by atoms with Crippen molar-refractivity contribution in [1.82, 2.24) is 20.5 Å². The summed E-state index contributed by atoms with van der Waals surface area (Å²) >= 11 is 1.77. The van der Waals surface area contributed by atoms with Gasteiger partial charge in [-0.2, -0.15) is 0 Å². The Morgan fingerprint density at radius 2 is 2.04 bits per heavy atom. The molecule has 1 aliphatic rings. The van der Waals surface area contributed by atoms with E-state index in [0.29, 0.717) is 0 Å². The molecule has 0 spiro atoms. The van der Waals surface area contributed by atoms with Crippen LogP contribution in [0.1, 0.15) is 49.9 Å². The van der Waals surface area contributed by atoms with Gasteiger partial charge in [0.1, 0.15) is 0 Å². The van der Waals surface area contributed by atoms with Crippen molar-refractivity contribution >= 4 is 17.3 Å². The molecule has 136 valence electrons. The predicted molar refractivity (Wildman–Crippen MR) is 104 cm³/mol. The van der Waals surface area contributed by atoms with E-state index in [2.05, 4.69) is 48.2 Å². The Hall–Kier alpha value is -1.14. The second-order valence-corrected chi connectivity index (χ2v) is 8.42. The maximum atomic E-state index is 4.83.